The molecule has 2 N–H and O–H groups in total. The van der Waals surface area contributed by atoms with Gasteiger partial charge in [-0.1, -0.05) is 65.0 Å². The maximum absolute atomic E-state index is 9.36. The van der Waals surface area contributed by atoms with Crippen molar-refractivity contribution in [2.75, 3.05) is 0 Å². The van der Waals surface area contributed by atoms with Gasteiger partial charge in [0.05, 0.1) is 11.9 Å². The van der Waals surface area contributed by atoms with Gasteiger partial charge in [-0.15, -0.1) is 0 Å². The van der Waals surface area contributed by atoms with Gasteiger partial charge in [-0.3, -0.25) is 0 Å². The highest BCUT2D eigenvalue weighted by molar-refractivity contribution is 6.32. The first-order chi connectivity index (χ1) is 9.80. The molecule has 0 aliphatic heterocycles. The zero-order valence-electron chi connectivity index (χ0n) is 15.8. The lowest BCUT2D eigenvalue weighted by Crippen LogP contribution is -2.08. The Bertz CT molecular complexity index is 408. The third-order valence-corrected chi connectivity index (χ3v) is 3.12. The molecule has 2 nitrogen and oxygen atoms in total. The van der Waals surface area contributed by atoms with E-state index in [1.165, 1.54) is 0 Å². The van der Waals surface area contributed by atoms with E-state index >= 15 is 0 Å². The van der Waals surface area contributed by atoms with Crippen molar-refractivity contribution in [1.82, 2.24) is 0 Å². The van der Waals surface area contributed by atoms with E-state index in [0.717, 1.165) is 16.7 Å². The van der Waals surface area contributed by atoms with E-state index in [2.05, 4.69) is 13.2 Å². The molecular weight excluding hydrogens is 296 g/mol. The Morgan fingerprint density at radius 3 is 1.55 bits per heavy atom. The van der Waals surface area contributed by atoms with Gasteiger partial charge in [0.1, 0.15) is 0 Å². The summed E-state index contributed by atoms with van der Waals surface area (Å²) in [4.78, 5) is 0. The quantitative estimate of drug-likeness (QED) is 0.456. The highest BCUT2D eigenvalue weighted by Crippen LogP contribution is 2.23. The summed E-state index contributed by atoms with van der Waals surface area (Å²) in [5.41, 5.74) is 2.29. The molecule has 1 atom stereocenters. The summed E-state index contributed by atoms with van der Waals surface area (Å²) in [5, 5.41) is 19.0. The number of aliphatic hydroxyl groups excluding tert-OH is 2. The van der Waals surface area contributed by atoms with Crippen LogP contribution in [0.15, 0.2) is 46.7 Å². The molecule has 3 heteroatoms. The van der Waals surface area contributed by atoms with Gasteiger partial charge >= 0.3 is 0 Å². The zero-order valence-corrected chi connectivity index (χ0v) is 16.6. The van der Waals surface area contributed by atoms with Crippen LogP contribution in [-0.2, 0) is 0 Å². The van der Waals surface area contributed by atoms with Crippen molar-refractivity contribution in [3.05, 3.63) is 46.7 Å². The average molecular weight is 331 g/mol. The average Bonchev–Trinajstić information content (AvgIpc) is 2.38. The smallest absolute Gasteiger partial charge is 0.0978 e. The first kappa shape index (κ1) is 25.9. The first-order valence-corrected chi connectivity index (χ1v) is 7.95. The lowest BCUT2D eigenvalue weighted by Gasteiger charge is -2.16. The maximum Gasteiger partial charge on any atom is 0.0978 e. The molecular formula is C19H35ClO2. The molecule has 0 aliphatic rings. The van der Waals surface area contributed by atoms with Crippen LogP contribution in [0.3, 0.4) is 0 Å². The van der Waals surface area contributed by atoms with Crippen LogP contribution in [0.1, 0.15) is 62.3 Å². The van der Waals surface area contributed by atoms with Gasteiger partial charge in [0.15, 0.2) is 0 Å². The van der Waals surface area contributed by atoms with Gasteiger partial charge < -0.3 is 10.2 Å². The Morgan fingerprint density at radius 1 is 1.09 bits per heavy atom. The monoisotopic (exact) mass is 330 g/mol. The number of aliphatic hydroxyl groups is 2. The van der Waals surface area contributed by atoms with Gasteiger partial charge in [0.2, 0.25) is 0 Å². The lowest BCUT2D eigenvalue weighted by molar-refractivity contribution is 0.231. The highest BCUT2D eigenvalue weighted by atomic mass is 35.5. The van der Waals surface area contributed by atoms with Crippen molar-refractivity contribution in [2.45, 2.75) is 68.4 Å². The van der Waals surface area contributed by atoms with Gasteiger partial charge in [-0.25, -0.2) is 0 Å². The summed E-state index contributed by atoms with van der Waals surface area (Å²) >= 11 is 5.78. The summed E-state index contributed by atoms with van der Waals surface area (Å²) in [6, 6.07) is 0. The molecule has 0 heterocycles. The number of hydrogen-bond donors (Lipinski definition) is 2. The van der Waals surface area contributed by atoms with Crippen LogP contribution in [0.2, 0.25) is 0 Å². The second-order valence-electron chi connectivity index (χ2n) is 6.08. The molecule has 0 fully saturated rings. The van der Waals surface area contributed by atoms with E-state index in [9.17, 15) is 5.11 Å². The van der Waals surface area contributed by atoms with E-state index in [1.54, 1.807) is 19.9 Å². The van der Waals surface area contributed by atoms with Crippen LogP contribution in [0.25, 0.3) is 0 Å². The summed E-state index contributed by atoms with van der Waals surface area (Å²) in [6.45, 7) is 24.4. The van der Waals surface area contributed by atoms with Crippen molar-refractivity contribution < 1.29 is 10.2 Å². The van der Waals surface area contributed by atoms with Gasteiger partial charge in [-0.2, -0.15) is 0 Å². The SMILES string of the molecule is C=C(C)/C(Cl)=C(/C)C(C)O.C=C(C)/C=C(\O)C(C)(C)C.CC. The Hall–Kier alpha value is -0.990. The van der Waals surface area contributed by atoms with Crippen molar-refractivity contribution in [1.29, 1.82) is 0 Å². The van der Waals surface area contributed by atoms with Crippen LogP contribution in [0.5, 0.6) is 0 Å². The molecule has 0 amide bonds. The molecule has 0 aromatic heterocycles. The largest absolute Gasteiger partial charge is 0.512 e. The van der Waals surface area contributed by atoms with Crippen LogP contribution in [0.4, 0.5) is 0 Å². The molecule has 0 saturated carbocycles. The number of hydrogen-bond acceptors (Lipinski definition) is 2. The first-order valence-electron chi connectivity index (χ1n) is 7.57. The molecule has 0 spiro atoms. The third-order valence-electron chi connectivity index (χ3n) is 2.50. The van der Waals surface area contributed by atoms with E-state index in [-0.39, 0.29) is 5.41 Å². The van der Waals surface area contributed by atoms with Gasteiger partial charge in [-0.05, 0) is 44.9 Å². The summed E-state index contributed by atoms with van der Waals surface area (Å²) < 4.78 is 0. The van der Waals surface area contributed by atoms with Crippen molar-refractivity contribution in [3.8, 4) is 0 Å². The molecule has 0 bridgehead atoms. The van der Waals surface area contributed by atoms with E-state index in [4.69, 9.17) is 16.7 Å². The Kier molecular flexibility index (Phi) is 14.8. The fourth-order valence-electron chi connectivity index (χ4n) is 0.970. The minimum atomic E-state index is -0.482. The molecule has 0 aromatic rings. The molecule has 130 valence electrons. The molecule has 0 saturated heterocycles. The van der Waals surface area contributed by atoms with Gasteiger partial charge in [0, 0.05) is 10.4 Å². The summed E-state index contributed by atoms with van der Waals surface area (Å²) in [6.07, 6.45) is 1.21. The van der Waals surface area contributed by atoms with Crippen LogP contribution >= 0.6 is 11.6 Å². The van der Waals surface area contributed by atoms with Crippen LogP contribution < -0.4 is 0 Å². The second kappa shape index (κ2) is 12.5. The topological polar surface area (TPSA) is 40.5 Å². The Labute approximate surface area is 142 Å². The third kappa shape index (κ3) is 14.0. The predicted molar refractivity (Wildman–Crippen MR) is 101 cm³/mol. The maximum atomic E-state index is 9.36. The molecule has 0 aromatic carbocycles. The van der Waals surface area contributed by atoms with Crippen LogP contribution in [0, 0.1) is 5.41 Å². The number of rotatable bonds is 3. The highest BCUT2D eigenvalue weighted by Gasteiger charge is 2.14. The molecule has 0 aliphatic carbocycles. The molecule has 0 radical (unpaired) electrons. The standard InChI is InChI=1S/C9H16O.C8H13ClO.C2H6/c1-7(2)6-8(10)9(3,4)5;1-5(2)8(9)6(3)7(4)10;1-2/h6,10H,1H2,2-5H3;7,10H,1H2,2-4H3;1-2H3/b8-6-;8-6+;. The molecule has 22 heavy (non-hydrogen) atoms. The fourth-order valence-corrected chi connectivity index (χ4v) is 1.13. The van der Waals surface area contributed by atoms with E-state index in [1.807, 2.05) is 48.5 Å². The van der Waals surface area contributed by atoms with E-state index < -0.39 is 6.10 Å². The Balaban J connectivity index is -0.000000294. The number of allylic oxidation sites excluding steroid dienone is 5. The van der Waals surface area contributed by atoms with Gasteiger partial charge in [0.25, 0.3) is 0 Å². The van der Waals surface area contributed by atoms with Crippen molar-refractivity contribution in [2.24, 2.45) is 5.41 Å². The van der Waals surface area contributed by atoms with Crippen molar-refractivity contribution in [3.63, 3.8) is 0 Å². The minimum Gasteiger partial charge on any atom is -0.512 e. The second-order valence-corrected chi connectivity index (χ2v) is 6.46. The fraction of sp³-hybridized carbons (Fsp3) is 0.579. The summed E-state index contributed by atoms with van der Waals surface area (Å²) in [5.74, 6) is 0.389. The lowest BCUT2D eigenvalue weighted by atomic mass is 9.93. The molecule has 1 unspecified atom stereocenters. The minimum absolute atomic E-state index is 0.154. The number of halogens is 1. The Morgan fingerprint density at radius 2 is 1.45 bits per heavy atom. The summed E-state index contributed by atoms with van der Waals surface area (Å²) in [7, 11) is 0. The normalized spacial score (nSPS) is 13.7. The van der Waals surface area contributed by atoms with E-state index in [0.29, 0.717) is 10.8 Å². The zero-order chi connectivity index (χ0) is 18.7. The van der Waals surface area contributed by atoms with Crippen LogP contribution in [-0.4, -0.2) is 16.3 Å². The van der Waals surface area contributed by atoms with Crippen molar-refractivity contribution >= 4 is 11.6 Å². The predicted octanol–water partition coefficient (Wildman–Crippen LogP) is 6.53. The molecule has 0 rings (SSSR count).